The molecule has 6 nitrogen and oxygen atoms in total. The van der Waals surface area contributed by atoms with Crippen LogP contribution in [0.25, 0.3) is 16.7 Å². The minimum Gasteiger partial charge on any atom is -0.410 e. The lowest BCUT2D eigenvalue weighted by molar-refractivity contribution is 0.319. The summed E-state index contributed by atoms with van der Waals surface area (Å²) in [5.74, 6) is 0.265. The van der Waals surface area contributed by atoms with Crippen molar-refractivity contribution >= 4 is 32.7 Å². The maximum Gasteiger partial charge on any atom is 0.222 e. The molecule has 0 atom stereocenters. The van der Waals surface area contributed by atoms with Crippen molar-refractivity contribution in [3.05, 3.63) is 53.0 Å². The molecular formula is C14H8BrN5O. The molecule has 0 aliphatic carbocycles. The van der Waals surface area contributed by atoms with E-state index in [0.717, 1.165) is 11.2 Å². The highest BCUT2D eigenvalue weighted by molar-refractivity contribution is 9.10. The number of oxime groups is 1. The number of aromatic nitrogens is 3. The Hall–Kier alpha value is -2.72. The summed E-state index contributed by atoms with van der Waals surface area (Å²) in [5, 5.41) is 21.2. The third kappa shape index (κ3) is 2.26. The number of benzene rings is 1. The van der Waals surface area contributed by atoms with Crippen LogP contribution in [0.3, 0.4) is 0 Å². The second-order valence-electron chi connectivity index (χ2n) is 4.16. The molecule has 0 saturated carbocycles. The minimum absolute atomic E-state index is 0.161. The third-order valence-electron chi connectivity index (χ3n) is 2.94. The molecule has 0 aliphatic heterocycles. The summed E-state index contributed by atoms with van der Waals surface area (Å²) < 4.78 is 2.40. The number of pyridine rings is 1. The topological polar surface area (TPSA) is 87.1 Å². The van der Waals surface area contributed by atoms with Crippen LogP contribution in [0.15, 0.2) is 52.4 Å². The van der Waals surface area contributed by atoms with E-state index in [4.69, 9.17) is 10.5 Å². The molecule has 0 amide bonds. The van der Waals surface area contributed by atoms with Gasteiger partial charge in [0, 0.05) is 5.69 Å². The molecule has 0 fully saturated rings. The molecular weight excluding hydrogens is 334 g/mol. The van der Waals surface area contributed by atoms with Crippen molar-refractivity contribution in [2.24, 2.45) is 5.16 Å². The van der Waals surface area contributed by atoms with Gasteiger partial charge in [0.25, 0.3) is 0 Å². The number of nitrogens with zero attached hydrogens (tertiary/aromatic N) is 5. The zero-order valence-electron chi connectivity index (χ0n) is 10.6. The molecule has 3 rings (SSSR count). The number of imidazole rings is 1. The highest BCUT2D eigenvalue weighted by atomic mass is 79.9. The molecule has 0 radical (unpaired) electrons. The molecule has 1 N–H and O–H groups in total. The summed E-state index contributed by atoms with van der Waals surface area (Å²) in [6, 6.07) is 13.0. The van der Waals surface area contributed by atoms with E-state index in [-0.39, 0.29) is 11.5 Å². The molecule has 7 heteroatoms. The number of rotatable bonds is 2. The normalized spacial score (nSPS) is 11.5. The van der Waals surface area contributed by atoms with Crippen LogP contribution >= 0.6 is 15.9 Å². The van der Waals surface area contributed by atoms with Crippen LogP contribution in [0.1, 0.15) is 5.82 Å². The molecule has 0 aliphatic rings. The quantitative estimate of drug-likeness (QED) is 0.336. The molecule has 0 unspecified atom stereocenters. The first kappa shape index (κ1) is 13.3. The van der Waals surface area contributed by atoms with Crippen molar-refractivity contribution in [3.8, 4) is 11.8 Å². The Labute approximate surface area is 128 Å². The van der Waals surface area contributed by atoms with Gasteiger partial charge in [-0.3, -0.25) is 4.57 Å². The lowest BCUT2D eigenvalue weighted by Crippen LogP contribution is -2.08. The first-order valence-corrected chi connectivity index (χ1v) is 6.76. The third-order valence-corrected chi connectivity index (χ3v) is 3.37. The van der Waals surface area contributed by atoms with Crippen LogP contribution in [0, 0.1) is 11.3 Å². The zero-order valence-corrected chi connectivity index (χ0v) is 12.2. The predicted octanol–water partition coefficient (Wildman–Crippen LogP) is 2.88. The van der Waals surface area contributed by atoms with E-state index < -0.39 is 0 Å². The highest BCUT2D eigenvalue weighted by Gasteiger charge is 2.18. The molecule has 2 heterocycles. The van der Waals surface area contributed by atoms with Crippen molar-refractivity contribution in [3.63, 3.8) is 0 Å². The summed E-state index contributed by atoms with van der Waals surface area (Å²) in [4.78, 5) is 8.46. The van der Waals surface area contributed by atoms with E-state index in [9.17, 15) is 0 Å². The minimum atomic E-state index is -0.161. The van der Waals surface area contributed by atoms with Gasteiger partial charge >= 0.3 is 0 Å². The summed E-state index contributed by atoms with van der Waals surface area (Å²) in [7, 11) is 0. The Morgan fingerprint density at radius 1 is 1.33 bits per heavy atom. The number of halogens is 1. The van der Waals surface area contributed by atoms with Crippen molar-refractivity contribution in [2.75, 3.05) is 0 Å². The van der Waals surface area contributed by atoms with Gasteiger partial charge in [-0.05, 0) is 34.1 Å². The Balaban J connectivity index is 2.41. The van der Waals surface area contributed by atoms with Crippen LogP contribution < -0.4 is 0 Å². The average Bonchev–Trinajstić information content (AvgIpc) is 2.88. The fraction of sp³-hybridized carbons (Fsp3) is 0. The number of hydrogen-bond donors (Lipinski definition) is 1. The second kappa shape index (κ2) is 5.34. The Morgan fingerprint density at radius 2 is 2.10 bits per heavy atom. The maximum atomic E-state index is 9.11. The van der Waals surface area contributed by atoms with Gasteiger partial charge in [0.2, 0.25) is 5.71 Å². The van der Waals surface area contributed by atoms with Crippen LogP contribution in [-0.4, -0.2) is 25.5 Å². The van der Waals surface area contributed by atoms with Crippen LogP contribution in [0.4, 0.5) is 0 Å². The van der Waals surface area contributed by atoms with Crippen LogP contribution in [-0.2, 0) is 0 Å². The average molecular weight is 342 g/mol. The van der Waals surface area contributed by atoms with Gasteiger partial charge in [0.1, 0.15) is 16.2 Å². The summed E-state index contributed by atoms with van der Waals surface area (Å²) in [6.45, 7) is 0. The highest BCUT2D eigenvalue weighted by Crippen LogP contribution is 2.23. The second-order valence-corrected chi connectivity index (χ2v) is 4.97. The summed E-state index contributed by atoms with van der Waals surface area (Å²) in [5.41, 5.74) is 2.01. The van der Waals surface area contributed by atoms with E-state index >= 15 is 0 Å². The molecule has 2 aromatic heterocycles. The van der Waals surface area contributed by atoms with E-state index in [1.807, 2.05) is 36.4 Å². The molecule has 1 aromatic carbocycles. The lowest BCUT2D eigenvalue weighted by atomic mass is 10.3. The van der Waals surface area contributed by atoms with Gasteiger partial charge in [-0.2, -0.15) is 5.26 Å². The number of para-hydroxylation sites is 1. The van der Waals surface area contributed by atoms with Crippen LogP contribution in [0.5, 0.6) is 0 Å². The monoisotopic (exact) mass is 341 g/mol. The van der Waals surface area contributed by atoms with Crippen molar-refractivity contribution in [1.29, 1.82) is 5.26 Å². The molecule has 0 saturated heterocycles. The fourth-order valence-electron chi connectivity index (χ4n) is 2.07. The van der Waals surface area contributed by atoms with E-state index in [1.54, 1.807) is 16.8 Å². The number of hydrogen-bond acceptors (Lipinski definition) is 5. The zero-order chi connectivity index (χ0) is 14.8. The standard InChI is InChI=1S/C14H8BrN5O/c15-13-6-12-11(8-17-13)18-14(10(7-16)19-21)20(12)9-4-2-1-3-5-9/h1-6,8,21H/b19-10+. The largest absolute Gasteiger partial charge is 0.410 e. The van der Waals surface area contributed by atoms with Crippen molar-refractivity contribution in [2.45, 2.75) is 0 Å². The van der Waals surface area contributed by atoms with Gasteiger partial charge < -0.3 is 5.21 Å². The molecule has 21 heavy (non-hydrogen) atoms. The summed E-state index contributed by atoms with van der Waals surface area (Å²) >= 11 is 3.32. The van der Waals surface area contributed by atoms with E-state index in [2.05, 4.69) is 31.1 Å². The maximum absolute atomic E-state index is 9.11. The molecule has 3 aromatic rings. The lowest BCUT2D eigenvalue weighted by Gasteiger charge is -2.07. The SMILES string of the molecule is N#C/C(=N\O)c1nc2cnc(Br)cc2n1-c1ccccc1. The smallest absolute Gasteiger partial charge is 0.222 e. The Morgan fingerprint density at radius 3 is 2.76 bits per heavy atom. The van der Waals surface area contributed by atoms with E-state index in [0.29, 0.717) is 10.1 Å². The van der Waals surface area contributed by atoms with Gasteiger partial charge in [0.05, 0.1) is 11.7 Å². The van der Waals surface area contributed by atoms with Crippen LogP contribution in [0.2, 0.25) is 0 Å². The predicted molar refractivity (Wildman–Crippen MR) is 80.5 cm³/mol. The van der Waals surface area contributed by atoms with Gasteiger partial charge in [-0.1, -0.05) is 23.4 Å². The Bertz CT molecular complexity index is 880. The molecule has 102 valence electrons. The first-order valence-electron chi connectivity index (χ1n) is 5.96. The van der Waals surface area contributed by atoms with Crippen molar-refractivity contribution in [1.82, 2.24) is 14.5 Å². The van der Waals surface area contributed by atoms with Gasteiger partial charge in [-0.15, -0.1) is 0 Å². The molecule has 0 bridgehead atoms. The fourth-order valence-corrected chi connectivity index (χ4v) is 2.39. The van der Waals surface area contributed by atoms with Gasteiger partial charge in [0.15, 0.2) is 5.82 Å². The Kier molecular flexibility index (Phi) is 3.38. The first-order chi connectivity index (χ1) is 10.2. The van der Waals surface area contributed by atoms with Crippen molar-refractivity contribution < 1.29 is 5.21 Å². The molecule has 0 spiro atoms. The number of fused-ring (bicyclic) bond motifs is 1. The summed E-state index contributed by atoms with van der Waals surface area (Å²) in [6.07, 6.45) is 1.59. The van der Waals surface area contributed by atoms with E-state index in [1.165, 1.54) is 0 Å². The van der Waals surface area contributed by atoms with Gasteiger partial charge in [-0.25, -0.2) is 9.97 Å². The number of nitriles is 1.